The van der Waals surface area contributed by atoms with Gasteiger partial charge in [0.15, 0.2) is 0 Å². The van der Waals surface area contributed by atoms with Crippen LogP contribution in [0.3, 0.4) is 0 Å². The van der Waals surface area contributed by atoms with Crippen LogP contribution in [0.15, 0.2) is 24.3 Å². The van der Waals surface area contributed by atoms with Crippen molar-refractivity contribution in [1.82, 2.24) is 0 Å². The fourth-order valence-corrected chi connectivity index (χ4v) is 3.90. The van der Waals surface area contributed by atoms with Gasteiger partial charge in [-0.3, -0.25) is 0 Å². The summed E-state index contributed by atoms with van der Waals surface area (Å²) in [4.78, 5) is 0. The molecule has 0 amide bonds. The van der Waals surface area contributed by atoms with E-state index in [1.807, 2.05) is 0 Å². The number of hydrogen-bond acceptors (Lipinski definition) is 1. The molecule has 0 aliphatic heterocycles. The van der Waals surface area contributed by atoms with Crippen molar-refractivity contribution >= 4 is 0 Å². The first-order chi connectivity index (χ1) is 10.3. The van der Waals surface area contributed by atoms with Crippen LogP contribution in [0.5, 0.6) is 0 Å². The summed E-state index contributed by atoms with van der Waals surface area (Å²) in [6.45, 7) is 3.12. The second-order valence-corrected chi connectivity index (χ2v) is 7.02. The standard InChI is InChI=1S/C20H33N/c1-2-3-7-18-8-10-19(11-9-18)12-15-20(16-17-21)13-5-4-6-14-20/h8-11H,2-7,12-17,21H2,1H3. The Balaban J connectivity index is 1.88. The average molecular weight is 287 g/mol. The van der Waals surface area contributed by atoms with Crippen molar-refractivity contribution in [3.8, 4) is 0 Å². The quantitative estimate of drug-likeness (QED) is 0.693. The monoisotopic (exact) mass is 287 g/mol. The molecular weight excluding hydrogens is 254 g/mol. The van der Waals surface area contributed by atoms with E-state index in [9.17, 15) is 0 Å². The number of nitrogens with two attached hydrogens (primary N) is 1. The van der Waals surface area contributed by atoms with Gasteiger partial charge in [0.05, 0.1) is 0 Å². The molecule has 21 heavy (non-hydrogen) atoms. The van der Waals surface area contributed by atoms with Crippen molar-refractivity contribution in [3.05, 3.63) is 35.4 Å². The molecule has 1 heteroatoms. The summed E-state index contributed by atoms with van der Waals surface area (Å²) in [6.07, 6.45) is 14.7. The number of rotatable bonds is 8. The highest BCUT2D eigenvalue weighted by Gasteiger charge is 2.30. The fourth-order valence-electron chi connectivity index (χ4n) is 3.90. The molecule has 2 N–H and O–H groups in total. The zero-order chi connectivity index (χ0) is 15.0. The molecule has 1 aromatic rings. The summed E-state index contributed by atoms with van der Waals surface area (Å²) in [5, 5.41) is 0. The van der Waals surface area contributed by atoms with Crippen molar-refractivity contribution in [2.45, 2.75) is 77.6 Å². The molecule has 1 nitrogen and oxygen atoms in total. The van der Waals surface area contributed by atoms with E-state index in [-0.39, 0.29) is 0 Å². The van der Waals surface area contributed by atoms with Crippen molar-refractivity contribution in [1.29, 1.82) is 0 Å². The smallest absolute Gasteiger partial charge is 0.00720 e. The van der Waals surface area contributed by atoms with Crippen LogP contribution in [0.25, 0.3) is 0 Å². The highest BCUT2D eigenvalue weighted by atomic mass is 14.5. The third kappa shape index (κ3) is 5.14. The second kappa shape index (κ2) is 8.58. The Kier molecular flexibility index (Phi) is 6.76. The Morgan fingerprint density at radius 3 is 2.10 bits per heavy atom. The summed E-state index contributed by atoms with van der Waals surface area (Å²) < 4.78 is 0. The predicted octanol–water partition coefficient (Wildman–Crippen LogP) is 5.26. The largest absolute Gasteiger partial charge is 0.330 e. The van der Waals surface area contributed by atoms with E-state index in [1.54, 1.807) is 0 Å². The summed E-state index contributed by atoms with van der Waals surface area (Å²) in [6, 6.07) is 9.37. The topological polar surface area (TPSA) is 26.0 Å². The molecule has 0 heterocycles. The predicted molar refractivity (Wildman–Crippen MR) is 92.6 cm³/mol. The lowest BCUT2D eigenvalue weighted by Crippen LogP contribution is -2.27. The Hall–Kier alpha value is -0.820. The average Bonchev–Trinajstić information content (AvgIpc) is 2.53. The summed E-state index contributed by atoms with van der Waals surface area (Å²) in [5.74, 6) is 0. The number of hydrogen-bond donors (Lipinski definition) is 1. The fraction of sp³-hybridized carbons (Fsp3) is 0.700. The molecule has 0 unspecified atom stereocenters. The molecule has 1 aromatic carbocycles. The molecule has 0 atom stereocenters. The maximum atomic E-state index is 5.88. The molecule has 0 bridgehead atoms. The van der Waals surface area contributed by atoms with E-state index in [2.05, 4.69) is 31.2 Å². The minimum atomic E-state index is 0.549. The third-order valence-electron chi connectivity index (χ3n) is 5.37. The van der Waals surface area contributed by atoms with E-state index < -0.39 is 0 Å². The Morgan fingerprint density at radius 2 is 1.52 bits per heavy atom. The van der Waals surface area contributed by atoms with Crippen molar-refractivity contribution in [2.24, 2.45) is 11.1 Å². The van der Waals surface area contributed by atoms with E-state index in [1.165, 1.54) is 81.8 Å². The van der Waals surface area contributed by atoms with Gasteiger partial charge in [-0.05, 0) is 68.0 Å². The van der Waals surface area contributed by atoms with Crippen LogP contribution >= 0.6 is 0 Å². The SMILES string of the molecule is CCCCc1ccc(CCC2(CCN)CCCCC2)cc1. The van der Waals surface area contributed by atoms with Gasteiger partial charge in [0.2, 0.25) is 0 Å². The molecule has 1 saturated carbocycles. The summed E-state index contributed by atoms with van der Waals surface area (Å²) in [7, 11) is 0. The van der Waals surface area contributed by atoms with Crippen LogP contribution < -0.4 is 5.73 Å². The zero-order valence-corrected chi connectivity index (χ0v) is 13.9. The minimum absolute atomic E-state index is 0.549. The van der Waals surface area contributed by atoms with Crippen molar-refractivity contribution < 1.29 is 0 Å². The lowest BCUT2D eigenvalue weighted by atomic mass is 9.68. The molecular formula is C20H33N. The second-order valence-electron chi connectivity index (χ2n) is 7.02. The van der Waals surface area contributed by atoms with Gasteiger partial charge in [-0.2, -0.15) is 0 Å². The van der Waals surface area contributed by atoms with E-state index in [0.29, 0.717) is 5.41 Å². The van der Waals surface area contributed by atoms with E-state index >= 15 is 0 Å². The molecule has 0 saturated heterocycles. The maximum absolute atomic E-state index is 5.88. The van der Waals surface area contributed by atoms with Gasteiger partial charge in [-0.15, -0.1) is 0 Å². The molecule has 118 valence electrons. The number of aryl methyl sites for hydroxylation is 2. The van der Waals surface area contributed by atoms with Gasteiger partial charge in [0.25, 0.3) is 0 Å². The van der Waals surface area contributed by atoms with Crippen LogP contribution in [-0.4, -0.2) is 6.54 Å². The molecule has 1 fully saturated rings. The first-order valence-electron chi connectivity index (χ1n) is 9.06. The van der Waals surface area contributed by atoms with Gasteiger partial charge in [0, 0.05) is 0 Å². The highest BCUT2D eigenvalue weighted by molar-refractivity contribution is 5.23. The van der Waals surface area contributed by atoms with E-state index in [0.717, 1.165) is 6.54 Å². The van der Waals surface area contributed by atoms with Gasteiger partial charge in [-0.25, -0.2) is 0 Å². The lowest BCUT2D eigenvalue weighted by molar-refractivity contribution is 0.161. The number of benzene rings is 1. The maximum Gasteiger partial charge on any atom is -0.00720 e. The highest BCUT2D eigenvalue weighted by Crippen LogP contribution is 2.42. The van der Waals surface area contributed by atoms with Gasteiger partial charge < -0.3 is 5.73 Å². The number of unbranched alkanes of at least 4 members (excludes halogenated alkanes) is 1. The third-order valence-corrected chi connectivity index (χ3v) is 5.37. The molecule has 1 aliphatic carbocycles. The van der Waals surface area contributed by atoms with E-state index in [4.69, 9.17) is 5.73 Å². The summed E-state index contributed by atoms with van der Waals surface area (Å²) >= 11 is 0. The Morgan fingerprint density at radius 1 is 0.905 bits per heavy atom. The normalized spacial score (nSPS) is 17.8. The van der Waals surface area contributed by atoms with Gasteiger partial charge >= 0.3 is 0 Å². The zero-order valence-electron chi connectivity index (χ0n) is 13.9. The molecule has 1 aliphatic rings. The first-order valence-corrected chi connectivity index (χ1v) is 9.06. The summed E-state index contributed by atoms with van der Waals surface area (Å²) in [5.41, 5.74) is 9.44. The van der Waals surface area contributed by atoms with Crippen LogP contribution in [0.1, 0.15) is 75.8 Å². The van der Waals surface area contributed by atoms with Crippen LogP contribution in [0.2, 0.25) is 0 Å². The molecule has 0 spiro atoms. The first kappa shape index (κ1) is 16.5. The molecule has 0 aromatic heterocycles. The molecule has 0 radical (unpaired) electrons. The Labute approximate surface area is 131 Å². The minimum Gasteiger partial charge on any atom is -0.330 e. The van der Waals surface area contributed by atoms with Crippen LogP contribution in [0.4, 0.5) is 0 Å². The lowest BCUT2D eigenvalue weighted by Gasteiger charge is -2.37. The van der Waals surface area contributed by atoms with Crippen molar-refractivity contribution in [2.75, 3.05) is 6.54 Å². The van der Waals surface area contributed by atoms with Crippen LogP contribution in [-0.2, 0) is 12.8 Å². The Bertz CT molecular complexity index is 381. The van der Waals surface area contributed by atoms with Crippen LogP contribution in [0, 0.1) is 5.41 Å². The van der Waals surface area contributed by atoms with Gasteiger partial charge in [-0.1, -0.05) is 56.9 Å². The molecule has 2 rings (SSSR count). The van der Waals surface area contributed by atoms with Gasteiger partial charge in [0.1, 0.15) is 0 Å². The van der Waals surface area contributed by atoms with Crippen molar-refractivity contribution in [3.63, 3.8) is 0 Å².